The second kappa shape index (κ2) is 3.88. The first-order chi connectivity index (χ1) is 6.38. The van der Waals surface area contributed by atoms with E-state index in [1.54, 1.807) is 12.1 Å². The van der Waals surface area contributed by atoms with Crippen molar-refractivity contribution in [2.24, 2.45) is 0 Å². The van der Waals surface area contributed by atoms with Gasteiger partial charge in [-0.25, -0.2) is 4.39 Å². The van der Waals surface area contributed by atoms with E-state index in [0.29, 0.717) is 12.2 Å². The molecule has 0 N–H and O–H groups in total. The second-order valence-corrected chi connectivity index (χ2v) is 3.19. The standard InChI is InChI=1S/C11H12FO/c12-10-6-2-1-5-9(10)11-7-3-4-8-13-11/h1-3,5-6,11H,4,7-8H2/t11-/m1/s1. The summed E-state index contributed by atoms with van der Waals surface area (Å²) in [6, 6.07) is 6.81. The number of rotatable bonds is 1. The molecule has 0 amide bonds. The van der Waals surface area contributed by atoms with Crippen LogP contribution in [0.15, 0.2) is 24.3 Å². The van der Waals surface area contributed by atoms with Crippen LogP contribution in [0.5, 0.6) is 0 Å². The summed E-state index contributed by atoms with van der Waals surface area (Å²) in [6.45, 7) is 0.707. The van der Waals surface area contributed by atoms with Crippen LogP contribution in [0.25, 0.3) is 0 Å². The lowest BCUT2D eigenvalue weighted by Gasteiger charge is -2.22. The highest BCUT2D eigenvalue weighted by Crippen LogP contribution is 2.28. The first-order valence-electron chi connectivity index (χ1n) is 4.55. The molecule has 13 heavy (non-hydrogen) atoms. The van der Waals surface area contributed by atoms with Crippen molar-refractivity contribution < 1.29 is 9.13 Å². The first kappa shape index (κ1) is 8.70. The molecular formula is C11H12FO. The predicted molar refractivity (Wildman–Crippen MR) is 48.6 cm³/mol. The lowest BCUT2D eigenvalue weighted by Crippen LogP contribution is -2.13. The van der Waals surface area contributed by atoms with Crippen molar-refractivity contribution in [3.8, 4) is 0 Å². The minimum Gasteiger partial charge on any atom is -0.373 e. The zero-order valence-corrected chi connectivity index (χ0v) is 7.37. The lowest BCUT2D eigenvalue weighted by atomic mass is 10.0. The molecule has 1 atom stereocenters. The molecule has 2 rings (SSSR count). The summed E-state index contributed by atoms with van der Waals surface area (Å²) in [6.07, 6.45) is 3.88. The fourth-order valence-electron chi connectivity index (χ4n) is 1.58. The second-order valence-electron chi connectivity index (χ2n) is 3.19. The van der Waals surface area contributed by atoms with Gasteiger partial charge in [0.05, 0.1) is 6.10 Å². The van der Waals surface area contributed by atoms with Gasteiger partial charge in [-0.15, -0.1) is 0 Å². The summed E-state index contributed by atoms with van der Waals surface area (Å²) in [5.41, 5.74) is 0.679. The maximum absolute atomic E-state index is 13.3. The average Bonchev–Trinajstić information content (AvgIpc) is 2.20. The zero-order chi connectivity index (χ0) is 9.10. The van der Waals surface area contributed by atoms with Gasteiger partial charge in [0.2, 0.25) is 0 Å². The summed E-state index contributed by atoms with van der Waals surface area (Å²) in [5.74, 6) is -0.164. The summed E-state index contributed by atoms with van der Waals surface area (Å²) in [4.78, 5) is 0. The Kier molecular flexibility index (Phi) is 2.60. The minimum atomic E-state index is -0.164. The molecule has 1 saturated heterocycles. The highest BCUT2D eigenvalue weighted by atomic mass is 19.1. The molecule has 1 heterocycles. The van der Waals surface area contributed by atoms with E-state index in [-0.39, 0.29) is 11.9 Å². The van der Waals surface area contributed by atoms with Gasteiger partial charge in [-0.2, -0.15) is 0 Å². The van der Waals surface area contributed by atoms with E-state index in [0.717, 1.165) is 12.8 Å². The Labute approximate surface area is 77.5 Å². The number of hydrogen-bond acceptors (Lipinski definition) is 1. The van der Waals surface area contributed by atoms with Crippen molar-refractivity contribution in [2.75, 3.05) is 6.61 Å². The van der Waals surface area contributed by atoms with Crippen LogP contribution in [-0.4, -0.2) is 6.61 Å². The molecule has 1 aliphatic rings. The molecule has 69 valence electrons. The molecule has 1 aromatic carbocycles. The topological polar surface area (TPSA) is 9.23 Å². The minimum absolute atomic E-state index is 0.0741. The molecule has 0 saturated carbocycles. The average molecular weight is 179 g/mol. The normalized spacial score (nSPS) is 23.0. The molecule has 0 spiro atoms. The van der Waals surface area contributed by atoms with E-state index in [2.05, 4.69) is 6.42 Å². The molecule has 0 unspecified atom stereocenters. The van der Waals surface area contributed by atoms with Gasteiger partial charge in [0.15, 0.2) is 0 Å². The maximum atomic E-state index is 13.3. The molecule has 1 fully saturated rings. The highest BCUT2D eigenvalue weighted by Gasteiger charge is 2.18. The van der Waals surface area contributed by atoms with Crippen LogP contribution in [-0.2, 0) is 4.74 Å². The van der Waals surface area contributed by atoms with E-state index in [1.807, 2.05) is 6.07 Å². The van der Waals surface area contributed by atoms with Gasteiger partial charge >= 0.3 is 0 Å². The van der Waals surface area contributed by atoms with Crippen molar-refractivity contribution in [3.63, 3.8) is 0 Å². The molecule has 0 aromatic heterocycles. The van der Waals surface area contributed by atoms with E-state index >= 15 is 0 Å². The Morgan fingerprint density at radius 2 is 2.15 bits per heavy atom. The summed E-state index contributed by atoms with van der Waals surface area (Å²) in [7, 11) is 0. The van der Waals surface area contributed by atoms with Crippen molar-refractivity contribution >= 4 is 0 Å². The third-order valence-corrected chi connectivity index (χ3v) is 2.27. The van der Waals surface area contributed by atoms with Gasteiger partial charge in [-0.1, -0.05) is 18.2 Å². The van der Waals surface area contributed by atoms with Gasteiger partial charge in [0, 0.05) is 12.2 Å². The van der Waals surface area contributed by atoms with E-state index < -0.39 is 0 Å². The van der Waals surface area contributed by atoms with Crippen molar-refractivity contribution in [2.45, 2.75) is 18.9 Å². The maximum Gasteiger partial charge on any atom is 0.129 e. The van der Waals surface area contributed by atoms with Crippen LogP contribution < -0.4 is 0 Å². The Morgan fingerprint density at radius 1 is 1.31 bits per heavy atom. The largest absolute Gasteiger partial charge is 0.373 e. The van der Waals surface area contributed by atoms with Crippen LogP contribution in [0.1, 0.15) is 24.5 Å². The van der Waals surface area contributed by atoms with Crippen molar-refractivity contribution in [3.05, 3.63) is 42.1 Å². The van der Waals surface area contributed by atoms with Crippen molar-refractivity contribution in [1.29, 1.82) is 0 Å². The quantitative estimate of drug-likeness (QED) is 0.644. The third kappa shape index (κ3) is 1.89. The van der Waals surface area contributed by atoms with E-state index in [9.17, 15) is 4.39 Å². The molecular weight excluding hydrogens is 167 g/mol. The Balaban J connectivity index is 2.18. The predicted octanol–water partition coefficient (Wildman–Crippen LogP) is 2.88. The van der Waals surface area contributed by atoms with Gasteiger partial charge in [-0.3, -0.25) is 0 Å². The Morgan fingerprint density at radius 3 is 2.85 bits per heavy atom. The number of hydrogen-bond donors (Lipinski definition) is 0. The van der Waals surface area contributed by atoms with Crippen LogP contribution in [0.4, 0.5) is 4.39 Å². The summed E-state index contributed by atoms with van der Waals surface area (Å²) >= 11 is 0. The molecule has 1 nitrogen and oxygen atoms in total. The van der Waals surface area contributed by atoms with Gasteiger partial charge in [0.1, 0.15) is 5.82 Å². The Hall–Kier alpha value is -0.890. The third-order valence-electron chi connectivity index (χ3n) is 2.27. The van der Waals surface area contributed by atoms with Crippen LogP contribution in [0.2, 0.25) is 0 Å². The van der Waals surface area contributed by atoms with Crippen molar-refractivity contribution in [1.82, 2.24) is 0 Å². The van der Waals surface area contributed by atoms with Gasteiger partial charge < -0.3 is 4.74 Å². The molecule has 0 aliphatic carbocycles. The highest BCUT2D eigenvalue weighted by molar-refractivity contribution is 5.20. The number of halogens is 1. The van der Waals surface area contributed by atoms with Gasteiger partial charge in [-0.05, 0) is 25.3 Å². The molecule has 1 aromatic rings. The molecule has 1 radical (unpaired) electrons. The Bertz CT molecular complexity index is 279. The fraction of sp³-hybridized carbons (Fsp3) is 0.364. The monoisotopic (exact) mass is 179 g/mol. The SMILES string of the molecule is Fc1ccccc1[C@H]1C[CH]CCO1. The number of ether oxygens (including phenoxy) is 1. The summed E-state index contributed by atoms with van der Waals surface area (Å²) < 4.78 is 18.8. The fourth-order valence-corrected chi connectivity index (χ4v) is 1.58. The smallest absolute Gasteiger partial charge is 0.129 e. The van der Waals surface area contributed by atoms with Crippen LogP contribution in [0.3, 0.4) is 0 Å². The molecule has 0 bridgehead atoms. The van der Waals surface area contributed by atoms with E-state index in [1.165, 1.54) is 6.07 Å². The van der Waals surface area contributed by atoms with Crippen LogP contribution >= 0.6 is 0 Å². The lowest BCUT2D eigenvalue weighted by molar-refractivity contribution is 0.0309. The summed E-state index contributed by atoms with van der Waals surface area (Å²) in [5, 5.41) is 0. The van der Waals surface area contributed by atoms with Gasteiger partial charge in [0.25, 0.3) is 0 Å². The first-order valence-corrected chi connectivity index (χ1v) is 4.55. The molecule has 1 aliphatic heterocycles. The van der Waals surface area contributed by atoms with Crippen LogP contribution in [0, 0.1) is 12.2 Å². The van der Waals surface area contributed by atoms with E-state index in [4.69, 9.17) is 4.74 Å². The molecule has 2 heteroatoms. The zero-order valence-electron chi connectivity index (χ0n) is 7.37. The number of benzene rings is 1.